The Labute approximate surface area is 213 Å². The van der Waals surface area contributed by atoms with Crippen molar-refractivity contribution in [1.29, 1.82) is 0 Å². The second-order valence-corrected chi connectivity index (χ2v) is 14.6. The van der Waals surface area contributed by atoms with Gasteiger partial charge >= 0.3 is 0 Å². The molecule has 1 atom stereocenters. The van der Waals surface area contributed by atoms with Crippen molar-refractivity contribution in [1.82, 2.24) is 0 Å². The zero-order chi connectivity index (χ0) is 24.7. The molecule has 0 saturated heterocycles. The van der Waals surface area contributed by atoms with Crippen LogP contribution in [0.25, 0.3) is 5.76 Å². The van der Waals surface area contributed by atoms with E-state index in [2.05, 4.69) is 36.7 Å². The number of rotatable bonds is 12. The molecule has 0 spiro atoms. The Hall–Kier alpha value is -1.77. The molecule has 2 aromatic carbocycles. The maximum Gasteiger partial charge on any atom is 0.233 e. The average Bonchev–Trinajstić information content (AvgIpc) is 2.86. The van der Waals surface area contributed by atoms with E-state index in [0.717, 1.165) is 67.0 Å². The number of benzene rings is 2. The highest BCUT2D eigenvalue weighted by Crippen LogP contribution is 2.73. The molecule has 1 aliphatic rings. The summed E-state index contributed by atoms with van der Waals surface area (Å²) >= 11 is 3.54. The highest BCUT2D eigenvalue weighted by atomic mass is 79.9. The lowest BCUT2D eigenvalue weighted by atomic mass is 9.85. The van der Waals surface area contributed by atoms with Crippen LogP contribution in [0.15, 0.2) is 58.6 Å². The van der Waals surface area contributed by atoms with Crippen LogP contribution in [0, 0.1) is 0 Å². The Morgan fingerprint density at radius 3 is 1.76 bits per heavy atom. The first-order chi connectivity index (χ1) is 16.4. The van der Waals surface area contributed by atoms with E-state index in [0.29, 0.717) is 5.56 Å². The predicted octanol–water partition coefficient (Wildman–Crippen LogP) is 7.45. The minimum atomic E-state index is -1.82. The Kier molecular flexibility index (Phi) is 9.68. The fourth-order valence-electron chi connectivity index (χ4n) is 5.16. The number of hydrogen-bond donors (Lipinski definition) is 0. The van der Waals surface area contributed by atoms with E-state index in [1.54, 1.807) is 24.3 Å². The number of halogens is 1. The van der Waals surface area contributed by atoms with Crippen molar-refractivity contribution in [3.8, 4) is 0 Å². The Bertz CT molecular complexity index is 1020. The maximum absolute atomic E-state index is 13.9. The van der Waals surface area contributed by atoms with Gasteiger partial charge in [0.05, 0.1) is 18.5 Å². The minimum absolute atomic E-state index is 0.225. The highest BCUT2D eigenvalue weighted by molar-refractivity contribution is 9.10. The maximum atomic E-state index is 13.9. The summed E-state index contributed by atoms with van der Waals surface area (Å²) in [6.45, 7) is 6.60. The SMILES string of the molecule is CCCC[P+](CCCC)(CCCC)C(C1=C([O-])c2ccccc2C(=O)C1=O)c1ccc(Br)cc1. The fraction of sp³-hybridized carbons (Fsp3) is 0.448. The molecule has 0 heterocycles. The van der Waals surface area contributed by atoms with E-state index in [1.807, 2.05) is 24.3 Å². The molecule has 0 amide bonds. The number of unbranched alkanes of at least 4 members (excludes halogenated alkanes) is 3. The molecule has 0 aliphatic heterocycles. The number of allylic oxidation sites excluding steroid dienone is 1. The van der Waals surface area contributed by atoms with Crippen LogP contribution in [0.4, 0.5) is 0 Å². The lowest BCUT2D eigenvalue weighted by molar-refractivity contribution is -0.245. The Balaban J connectivity index is 2.32. The summed E-state index contributed by atoms with van der Waals surface area (Å²) in [6.07, 6.45) is 9.60. The summed E-state index contributed by atoms with van der Waals surface area (Å²) in [5, 5.41) is 13.9. The topological polar surface area (TPSA) is 57.2 Å². The molecule has 1 unspecified atom stereocenters. The van der Waals surface area contributed by atoms with E-state index in [1.165, 1.54) is 0 Å². The summed E-state index contributed by atoms with van der Waals surface area (Å²) < 4.78 is 0.960. The van der Waals surface area contributed by atoms with Crippen molar-refractivity contribution < 1.29 is 14.7 Å². The van der Waals surface area contributed by atoms with Gasteiger partial charge in [-0.05, 0) is 42.5 Å². The van der Waals surface area contributed by atoms with Crippen LogP contribution in [0.5, 0.6) is 0 Å². The van der Waals surface area contributed by atoms with Gasteiger partial charge in [0.2, 0.25) is 11.6 Å². The fourth-order valence-corrected chi connectivity index (χ4v) is 11.3. The Morgan fingerprint density at radius 1 is 0.765 bits per heavy atom. The zero-order valence-corrected chi connectivity index (χ0v) is 23.1. The zero-order valence-electron chi connectivity index (χ0n) is 20.6. The smallest absolute Gasteiger partial charge is 0.233 e. The first-order valence-corrected chi connectivity index (χ1v) is 15.8. The molecule has 0 fully saturated rings. The summed E-state index contributed by atoms with van der Waals surface area (Å²) in [4.78, 5) is 26.9. The Morgan fingerprint density at radius 2 is 1.26 bits per heavy atom. The number of carbonyl (C=O) groups excluding carboxylic acids is 2. The second kappa shape index (κ2) is 12.3. The van der Waals surface area contributed by atoms with Gasteiger partial charge < -0.3 is 5.11 Å². The normalized spacial score (nSPS) is 14.9. The van der Waals surface area contributed by atoms with Crippen LogP contribution in [0.3, 0.4) is 0 Å². The van der Waals surface area contributed by atoms with Crippen molar-refractivity contribution in [2.75, 3.05) is 18.5 Å². The molecule has 0 bridgehead atoms. The van der Waals surface area contributed by atoms with Crippen molar-refractivity contribution in [2.24, 2.45) is 0 Å². The van der Waals surface area contributed by atoms with E-state index in [-0.39, 0.29) is 22.6 Å². The minimum Gasteiger partial charge on any atom is -0.872 e. The van der Waals surface area contributed by atoms with E-state index in [9.17, 15) is 14.7 Å². The van der Waals surface area contributed by atoms with Crippen LogP contribution in [-0.2, 0) is 4.79 Å². The number of carbonyl (C=O) groups is 2. The molecule has 3 nitrogen and oxygen atoms in total. The van der Waals surface area contributed by atoms with Crippen molar-refractivity contribution in [2.45, 2.75) is 65.0 Å². The van der Waals surface area contributed by atoms with Crippen molar-refractivity contribution in [3.05, 3.63) is 75.3 Å². The largest absolute Gasteiger partial charge is 0.872 e. The standard InChI is InChI=1S/C29H36BrO3P/c1-4-7-18-34(19-8-5-2,20-9-6-3)29(21-14-16-22(30)17-15-21)25-26(31)23-12-10-11-13-24(23)27(32)28(25)33/h10-17,29H,4-9,18-20H2,1-3H3. The van der Waals surface area contributed by atoms with Crippen molar-refractivity contribution in [3.63, 3.8) is 0 Å². The predicted molar refractivity (Wildman–Crippen MR) is 146 cm³/mol. The van der Waals surface area contributed by atoms with Crippen LogP contribution < -0.4 is 5.11 Å². The summed E-state index contributed by atoms with van der Waals surface area (Å²) in [7, 11) is -1.82. The number of Topliss-reactive ketones (excluding diaryl/α,β-unsaturated/α-hetero) is 2. The highest BCUT2D eigenvalue weighted by Gasteiger charge is 2.50. The van der Waals surface area contributed by atoms with Gasteiger partial charge in [0.15, 0.2) is 0 Å². The van der Waals surface area contributed by atoms with Gasteiger partial charge in [0.25, 0.3) is 0 Å². The second-order valence-electron chi connectivity index (χ2n) is 9.35. The van der Waals surface area contributed by atoms with Gasteiger partial charge in [-0.1, -0.05) is 98.1 Å². The molecule has 3 rings (SSSR count). The molecule has 182 valence electrons. The van der Waals surface area contributed by atoms with Crippen LogP contribution in [0.2, 0.25) is 0 Å². The lowest BCUT2D eigenvalue weighted by Crippen LogP contribution is -2.33. The number of fused-ring (bicyclic) bond motifs is 1. The summed E-state index contributed by atoms with van der Waals surface area (Å²) in [5.41, 5.74) is 1.56. The van der Waals surface area contributed by atoms with Crippen LogP contribution in [0.1, 0.15) is 86.4 Å². The van der Waals surface area contributed by atoms with Crippen molar-refractivity contribution >= 4 is 40.5 Å². The van der Waals surface area contributed by atoms with Crippen LogP contribution >= 0.6 is 23.2 Å². The molecule has 34 heavy (non-hydrogen) atoms. The quantitative estimate of drug-likeness (QED) is 0.207. The molecule has 0 saturated carbocycles. The molecule has 0 radical (unpaired) electrons. The first kappa shape index (κ1) is 26.8. The molecule has 0 aromatic heterocycles. The third kappa shape index (κ3) is 5.55. The summed E-state index contributed by atoms with van der Waals surface area (Å²) in [5.74, 6) is -1.38. The van der Waals surface area contributed by atoms with E-state index in [4.69, 9.17) is 0 Å². The van der Waals surface area contributed by atoms with Gasteiger partial charge in [-0.15, -0.1) is 0 Å². The van der Waals surface area contributed by atoms with Gasteiger partial charge in [-0.2, -0.15) is 0 Å². The third-order valence-corrected chi connectivity index (χ3v) is 12.8. The van der Waals surface area contributed by atoms with Gasteiger partial charge in [-0.3, -0.25) is 9.59 Å². The monoisotopic (exact) mass is 542 g/mol. The molecular weight excluding hydrogens is 507 g/mol. The number of ketones is 2. The van der Waals surface area contributed by atoms with Gasteiger partial charge in [0.1, 0.15) is 5.66 Å². The first-order valence-electron chi connectivity index (χ1n) is 12.6. The molecule has 0 N–H and O–H groups in total. The molecular formula is C29H36BrO3P. The molecule has 1 aliphatic carbocycles. The average molecular weight is 543 g/mol. The van der Waals surface area contributed by atoms with Gasteiger partial charge in [0, 0.05) is 22.9 Å². The number of hydrogen-bond acceptors (Lipinski definition) is 3. The summed E-state index contributed by atoms with van der Waals surface area (Å²) in [6, 6.07) is 14.9. The van der Waals surface area contributed by atoms with E-state index >= 15 is 0 Å². The molecule has 5 heteroatoms. The molecule has 2 aromatic rings. The van der Waals surface area contributed by atoms with Gasteiger partial charge in [-0.25, -0.2) is 0 Å². The lowest BCUT2D eigenvalue weighted by Gasteiger charge is -2.39. The van der Waals surface area contributed by atoms with E-state index < -0.39 is 18.8 Å². The van der Waals surface area contributed by atoms with Crippen LogP contribution in [-0.4, -0.2) is 30.1 Å². The third-order valence-electron chi connectivity index (χ3n) is 6.99.